The molecule has 0 aromatic carbocycles. The maximum absolute atomic E-state index is 13.1. The molecular weight excluding hydrogens is 280 g/mol. The first-order valence-corrected chi connectivity index (χ1v) is 9.20. The zero-order chi connectivity index (χ0) is 14.9. The number of unbranched alkanes of at least 4 members (excludes halogenated alkanes) is 1. The molecule has 2 fully saturated rings. The Morgan fingerprint density at radius 3 is 2.86 bits per heavy atom. The Hall–Kier alpha value is -0.870. The molecule has 1 aliphatic heterocycles. The summed E-state index contributed by atoms with van der Waals surface area (Å²) in [4.78, 5) is 16.5. The monoisotopic (exact) mass is 306 g/mol. The van der Waals surface area contributed by atoms with Gasteiger partial charge in [0.05, 0.1) is 5.54 Å². The van der Waals surface area contributed by atoms with Crippen LogP contribution in [0.5, 0.6) is 0 Å². The van der Waals surface area contributed by atoms with Crippen molar-refractivity contribution < 1.29 is 4.79 Å². The van der Waals surface area contributed by atoms with E-state index in [1.54, 1.807) is 11.3 Å². The van der Waals surface area contributed by atoms with E-state index in [2.05, 4.69) is 41.6 Å². The number of carbonyl (C=O) groups excluding carboxylic acids is 1. The number of carbonyl (C=O) groups is 1. The fraction of sp³-hybridized carbons (Fsp3) is 0.706. The summed E-state index contributed by atoms with van der Waals surface area (Å²) < 4.78 is 0. The molecule has 1 saturated heterocycles. The summed E-state index contributed by atoms with van der Waals surface area (Å²) in [6.07, 6.45) is 7.92. The molecule has 1 saturated carbocycles. The first kappa shape index (κ1) is 15.0. The fourth-order valence-electron chi connectivity index (χ4n) is 3.84. The number of rotatable bonds is 5. The van der Waals surface area contributed by atoms with Crippen LogP contribution in [0, 0.1) is 0 Å². The van der Waals surface area contributed by atoms with Crippen molar-refractivity contribution in [3.8, 4) is 0 Å². The summed E-state index contributed by atoms with van der Waals surface area (Å²) in [5.41, 5.74) is -0.269. The van der Waals surface area contributed by atoms with Gasteiger partial charge in [0.15, 0.2) is 0 Å². The van der Waals surface area contributed by atoms with Gasteiger partial charge in [-0.2, -0.15) is 0 Å². The average Bonchev–Trinajstić information content (AvgIpc) is 3.19. The standard InChI is InChI=1S/C17H26N2OS/c1-3-4-8-13(2)19-15(14-9-7-12-21-14)18-17(16(19)20)10-5-6-11-17/h7,9,12-13,15,18H,3-6,8,10-11H2,1-2H3. The lowest BCUT2D eigenvalue weighted by Crippen LogP contribution is -2.45. The van der Waals surface area contributed by atoms with Crippen LogP contribution in [-0.2, 0) is 4.79 Å². The summed E-state index contributed by atoms with van der Waals surface area (Å²) in [5.74, 6) is 0.349. The maximum Gasteiger partial charge on any atom is 0.244 e. The van der Waals surface area contributed by atoms with Crippen molar-refractivity contribution in [3.05, 3.63) is 22.4 Å². The molecule has 4 heteroatoms. The molecule has 1 spiro atoms. The predicted octanol–water partition coefficient (Wildman–Crippen LogP) is 4.07. The number of thiophene rings is 1. The molecule has 21 heavy (non-hydrogen) atoms. The molecule has 1 aromatic rings. The van der Waals surface area contributed by atoms with E-state index in [0.717, 1.165) is 19.3 Å². The van der Waals surface area contributed by atoms with Crippen LogP contribution >= 0.6 is 11.3 Å². The van der Waals surface area contributed by atoms with Gasteiger partial charge in [0, 0.05) is 10.9 Å². The summed E-state index contributed by atoms with van der Waals surface area (Å²) in [6, 6.07) is 4.56. The summed E-state index contributed by atoms with van der Waals surface area (Å²) in [7, 11) is 0. The van der Waals surface area contributed by atoms with Crippen LogP contribution in [0.1, 0.15) is 69.8 Å². The van der Waals surface area contributed by atoms with Gasteiger partial charge in [0.25, 0.3) is 0 Å². The highest BCUT2D eigenvalue weighted by Crippen LogP contribution is 2.43. The molecule has 1 aliphatic carbocycles. The minimum Gasteiger partial charge on any atom is -0.318 e. The Morgan fingerprint density at radius 1 is 1.48 bits per heavy atom. The van der Waals surface area contributed by atoms with Crippen LogP contribution in [0.15, 0.2) is 17.5 Å². The van der Waals surface area contributed by atoms with Crippen molar-refractivity contribution in [2.45, 2.75) is 76.5 Å². The van der Waals surface area contributed by atoms with Gasteiger partial charge < -0.3 is 4.90 Å². The lowest BCUT2D eigenvalue weighted by Gasteiger charge is -2.30. The topological polar surface area (TPSA) is 32.3 Å². The van der Waals surface area contributed by atoms with Gasteiger partial charge >= 0.3 is 0 Å². The molecule has 3 nitrogen and oxygen atoms in total. The second-order valence-corrected chi connectivity index (χ2v) is 7.53. The predicted molar refractivity (Wildman–Crippen MR) is 87.2 cm³/mol. The highest BCUT2D eigenvalue weighted by atomic mass is 32.1. The van der Waals surface area contributed by atoms with Crippen molar-refractivity contribution in [3.63, 3.8) is 0 Å². The molecule has 2 heterocycles. The average molecular weight is 306 g/mol. The molecule has 2 unspecified atom stereocenters. The van der Waals surface area contributed by atoms with E-state index in [-0.39, 0.29) is 11.7 Å². The van der Waals surface area contributed by atoms with Crippen LogP contribution in [0.25, 0.3) is 0 Å². The van der Waals surface area contributed by atoms with Crippen LogP contribution in [-0.4, -0.2) is 22.4 Å². The van der Waals surface area contributed by atoms with E-state index in [0.29, 0.717) is 11.9 Å². The van der Waals surface area contributed by atoms with Gasteiger partial charge in [0.2, 0.25) is 5.91 Å². The Balaban J connectivity index is 1.87. The van der Waals surface area contributed by atoms with E-state index < -0.39 is 0 Å². The van der Waals surface area contributed by atoms with Crippen molar-refractivity contribution in [1.82, 2.24) is 10.2 Å². The number of hydrogen-bond acceptors (Lipinski definition) is 3. The Morgan fingerprint density at radius 2 is 2.24 bits per heavy atom. The van der Waals surface area contributed by atoms with E-state index in [1.807, 2.05) is 0 Å². The third-order valence-electron chi connectivity index (χ3n) is 5.06. The summed E-state index contributed by atoms with van der Waals surface area (Å²) >= 11 is 1.75. The first-order valence-electron chi connectivity index (χ1n) is 8.32. The second kappa shape index (κ2) is 6.09. The van der Waals surface area contributed by atoms with Gasteiger partial charge in [-0.05, 0) is 37.6 Å². The molecular formula is C17H26N2OS. The first-order chi connectivity index (χ1) is 10.2. The summed E-state index contributed by atoms with van der Waals surface area (Å²) in [6.45, 7) is 4.43. The maximum atomic E-state index is 13.1. The van der Waals surface area contributed by atoms with Crippen LogP contribution in [0.4, 0.5) is 0 Å². The number of amides is 1. The molecule has 2 aliphatic rings. The Kier molecular flexibility index (Phi) is 4.36. The highest BCUT2D eigenvalue weighted by molar-refractivity contribution is 7.10. The Bertz CT molecular complexity index is 479. The fourth-order valence-corrected chi connectivity index (χ4v) is 4.62. The molecule has 3 rings (SSSR count). The molecule has 1 aromatic heterocycles. The lowest BCUT2D eigenvalue weighted by atomic mass is 9.97. The SMILES string of the molecule is CCCCC(C)N1C(=O)C2(CCCC2)NC1c1cccs1. The van der Waals surface area contributed by atoms with Crippen LogP contribution in [0.3, 0.4) is 0 Å². The van der Waals surface area contributed by atoms with E-state index >= 15 is 0 Å². The molecule has 1 amide bonds. The molecule has 0 bridgehead atoms. The molecule has 2 atom stereocenters. The Labute approximate surface area is 131 Å². The molecule has 1 N–H and O–H groups in total. The van der Waals surface area contributed by atoms with E-state index in [4.69, 9.17) is 0 Å². The normalized spacial score (nSPS) is 25.9. The highest BCUT2D eigenvalue weighted by Gasteiger charge is 2.53. The number of nitrogens with zero attached hydrogens (tertiary/aromatic N) is 1. The van der Waals surface area contributed by atoms with E-state index in [9.17, 15) is 4.79 Å². The quantitative estimate of drug-likeness (QED) is 0.889. The van der Waals surface area contributed by atoms with Crippen molar-refractivity contribution in [1.29, 1.82) is 0 Å². The van der Waals surface area contributed by atoms with Gasteiger partial charge in [-0.3, -0.25) is 10.1 Å². The van der Waals surface area contributed by atoms with Crippen LogP contribution in [0.2, 0.25) is 0 Å². The van der Waals surface area contributed by atoms with Crippen molar-refractivity contribution in [2.24, 2.45) is 0 Å². The third kappa shape index (κ3) is 2.64. The van der Waals surface area contributed by atoms with Crippen molar-refractivity contribution >= 4 is 17.2 Å². The second-order valence-electron chi connectivity index (χ2n) is 6.56. The zero-order valence-corrected chi connectivity index (χ0v) is 13.9. The van der Waals surface area contributed by atoms with Gasteiger partial charge in [-0.15, -0.1) is 11.3 Å². The van der Waals surface area contributed by atoms with Crippen molar-refractivity contribution in [2.75, 3.05) is 0 Å². The van der Waals surface area contributed by atoms with Gasteiger partial charge in [-0.25, -0.2) is 0 Å². The number of nitrogens with one attached hydrogen (secondary N) is 1. The van der Waals surface area contributed by atoms with Gasteiger partial charge in [-0.1, -0.05) is 38.7 Å². The minimum atomic E-state index is -0.269. The molecule has 0 radical (unpaired) electrons. The zero-order valence-electron chi connectivity index (χ0n) is 13.1. The largest absolute Gasteiger partial charge is 0.318 e. The van der Waals surface area contributed by atoms with E-state index in [1.165, 1.54) is 30.6 Å². The summed E-state index contributed by atoms with van der Waals surface area (Å²) in [5, 5.41) is 5.82. The van der Waals surface area contributed by atoms with Crippen LogP contribution < -0.4 is 5.32 Å². The minimum absolute atomic E-state index is 0.0856. The molecule has 116 valence electrons. The van der Waals surface area contributed by atoms with Gasteiger partial charge in [0.1, 0.15) is 6.17 Å². The third-order valence-corrected chi connectivity index (χ3v) is 5.98. The number of hydrogen-bond donors (Lipinski definition) is 1. The smallest absolute Gasteiger partial charge is 0.244 e. The lowest BCUT2D eigenvalue weighted by molar-refractivity contribution is -0.135.